The zero-order valence-corrected chi connectivity index (χ0v) is 21.9. The van der Waals surface area contributed by atoms with Crippen molar-refractivity contribution >= 4 is 45.3 Å². The van der Waals surface area contributed by atoms with Crippen LogP contribution in [-0.2, 0) is 17.8 Å². The molecule has 0 saturated carbocycles. The Labute approximate surface area is 229 Å². The molecule has 8 nitrogen and oxygen atoms in total. The highest BCUT2D eigenvalue weighted by Gasteiger charge is 2.13. The minimum atomic E-state index is -0.339. The van der Waals surface area contributed by atoms with Crippen LogP contribution in [0.25, 0.3) is 10.8 Å². The monoisotopic (exact) mass is 535 g/mol. The molecule has 0 unspecified atom stereocenters. The molecule has 39 heavy (non-hydrogen) atoms. The summed E-state index contributed by atoms with van der Waals surface area (Å²) >= 11 is 1.14. The SMILES string of the molecule is Cc1ccccc1C(=O)Nc1nnc(CC(=O)N/N=C\c2ccc(OCc3cccc4ccccc34)cc2)s1. The quantitative estimate of drug-likeness (QED) is 0.191. The number of carbonyl (C=O) groups is 2. The van der Waals surface area contributed by atoms with Gasteiger partial charge in [-0.05, 0) is 64.7 Å². The average molecular weight is 536 g/mol. The van der Waals surface area contributed by atoms with Gasteiger partial charge in [0.25, 0.3) is 5.91 Å². The number of fused-ring (bicyclic) bond motifs is 1. The van der Waals surface area contributed by atoms with Gasteiger partial charge in [0, 0.05) is 5.56 Å². The van der Waals surface area contributed by atoms with Crippen molar-refractivity contribution < 1.29 is 14.3 Å². The van der Waals surface area contributed by atoms with E-state index in [0.29, 0.717) is 22.3 Å². The normalized spacial score (nSPS) is 11.0. The second-order valence-corrected chi connectivity index (χ2v) is 9.80. The van der Waals surface area contributed by atoms with Crippen molar-refractivity contribution in [3.8, 4) is 5.75 Å². The van der Waals surface area contributed by atoms with E-state index in [1.807, 2.05) is 61.5 Å². The van der Waals surface area contributed by atoms with Crippen LogP contribution in [-0.4, -0.2) is 28.2 Å². The molecular weight excluding hydrogens is 510 g/mol. The Hall–Kier alpha value is -4.89. The van der Waals surface area contributed by atoms with Gasteiger partial charge >= 0.3 is 0 Å². The number of carbonyl (C=O) groups excluding carboxylic acids is 2. The van der Waals surface area contributed by atoms with E-state index in [1.165, 1.54) is 10.8 Å². The molecule has 1 heterocycles. The first-order chi connectivity index (χ1) is 19.0. The predicted molar refractivity (Wildman–Crippen MR) is 153 cm³/mol. The van der Waals surface area contributed by atoms with Crippen molar-refractivity contribution in [2.24, 2.45) is 5.10 Å². The summed E-state index contributed by atoms with van der Waals surface area (Å²) in [5.41, 5.74) is 5.85. The largest absolute Gasteiger partial charge is 0.489 e. The number of ether oxygens (including phenoxy) is 1. The van der Waals surface area contributed by atoms with Gasteiger partial charge in [-0.15, -0.1) is 10.2 Å². The maximum absolute atomic E-state index is 12.4. The molecule has 0 saturated heterocycles. The third kappa shape index (κ3) is 6.71. The van der Waals surface area contributed by atoms with Crippen LogP contribution < -0.4 is 15.5 Å². The molecule has 0 bridgehead atoms. The first-order valence-corrected chi connectivity index (χ1v) is 13.1. The molecule has 0 aliphatic heterocycles. The van der Waals surface area contributed by atoms with Crippen molar-refractivity contribution in [1.82, 2.24) is 15.6 Å². The Morgan fingerprint density at radius 1 is 0.923 bits per heavy atom. The molecule has 194 valence electrons. The van der Waals surface area contributed by atoms with Gasteiger partial charge in [-0.2, -0.15) is 5.10 Å². The van der Waals surface area contributed by atoms with E-state index in [0.717, 1.165) is 33.8 Å². The second kappa shape index (κ2) is 12.1. The van der Waals surface area contributed by atoms with Crippen molar-refractivity contribution in [1.29, 1.82) is 0 Å². The predicted octanol–water partition coefficient (Wildman–Crippen LogP) is 5.52. The van der Waals surface area contributed by atoms with Crippen molar-refractivity contribution in [3.63, 3.8) is 0 Å². The molecule has 0 aliphatic rings. The van der Waals surface area contributed by atoms with Crippen molar-refractivity contribution in [3.05, 3.63) is 118 Å². The summed E-state index contributed by atoms with van der Waals surface area (Å²) in [5.74, 6) is 0.134. The van der Waals surface area contributed by atoms with Crippen LogP contribution in [0.5, 0.6) is 5.75 Å². The van der Waals surface area contributed by atoms with Crippen LogP contribution in [0.4, 0.5) is 5.13 Å². The Kier molecular flexibility index (Phi) is 7.99. The van der Waals surface area contributed by atoms with E-state index in [-0.39, 0.29) is 18.2 Å². The van der Waals surface area contributed by atoms with Crippen LogP contribution in [0.15, 0.2) is 96.1 Å². The summed E-state index contributed by atoms with van der Waals surface area (Å²) < 4.78 is 5.97. The number of hydrogen-bond acceptors (Lipinski definition) is 7. The van der Waals surface area contributed by atoms with E-state index >= 15 is 0 Å². The topological polar surface area (TPSA) is 106 Å². The molecule has 0 radical (unpaired) electrons. The van der Waals surface area contributed by atoms with Crippen LogP contribution in [0, 0.1) is 6.92 Å². The lowest BCUT2D eigenvalue weighted by Crippen LogP contribution is -2.19. The number of hydrogen-bond donors (Lipinski definition) is 2. The number of benzene rings is 4. The smallest absolute Gasteiger partial charge is 0.257 e. The number of nitrogens with zero attached hydrogens (tertiary/aromatic N) is 3. The lowest BCUT2D eigenvalue weighted by molar-refractivity contribution is -0.120. The van der Waals surface area contributed by atoms with E-state index < -0.39 is 0 Å². The average Bonchev–Trinajstić information content (AvgIpc) is 3.39. The van der Waals surface area contributed by atoms with E-state index in [1.54, 1.807) is 18.3 Å². The number of anilines is 1. The highest BCUT2D eigenvalue weighted by atomic mass is 32.1. The zero-order chi connectivity index (χ0) is 27.0. The lowest BCUT2D eigenvalue weighted by Gasteiger charge is -2.09. The third-order valence-corrected chi connectivity index (χ3v) is 6.78. The summed E-state index contributed by atoms with van der Waals surface area (Å²) in [6, 6.07) is 29.1. The Balaban J connectivity index is 1.09. The molecule has 5 aromatic rings. The minimum absolute atomic E-state index is 0.00378. The number of rotatable bonds is 9. The number of amides is 2. The molecular formula is C30H25N5O3S. The van der Waals surface area contributed by atoms with Gasteiger partial charge in [0.2, 0.25) is 11.0 Å². The maximum Gasteiger partial charge on any atom is 0.257 e. The molecule has 0 fully saturated rings. The molecule has 2 N–H and O–H groups in total. The van der Waals surface area contributed by atoms with Gasteiger partial charge in [0.05, 0.1) is 12.6 Å². The molecule has 5 rings (SSSR count). The summed E-state index contributed by atoms with van der Waals surface area (Å²) in [5, 5.41) is 17.8. The maximum atomic E-state index is 12.4. The Bertz CT molecular complexity index is 1640. The summed E-state index contributed by atoms with van der Waals surface area (Å²) in [7, 11) is 0. The summed E-state index contributed by atoms with van der Waals surface area (Å²) in [6.45, 7) is 2.33. The van der Waals surface area contributed by atoms with Gasteiger partial charge in [-0.25, -0.2) is 5.43 Å². The highest BCUT2D eigenvalue weighted by Crippen LogP contribution is 2.21. The van der Waals surface area contributed by atoms with E-state index in [4.69, 9.17) is 4.74 Å². The fourth-order valence-electron chi connectivity index (χ4n) is 3.95. The first-order valence-electron chi connectivity index (χ1n) is 12.3. The molecule has 1 aromatic heterocycles. The Morgan fingerprint density at radius 3 is 2.54 bits per heavy atom. The Morgan fingerprint density at radius 2 is 1.69 bits per heavy atom. The second-order valence-electron chi connectivity index (χ2n) is 8.74. The van der Waals surface area contributed by atoms with Crippen molar-refractivity contribution in [2.45, 2.75) is 20.0 Å². The molecule has 2 amide bonds. The summed E-state index contributed by atoms with van der Waals surface area (Å²) in [6.07, 6.45) is 1.55. The van der Waals surface area contributed by atoms with Crippen LogP contribution in [0.3, 0.4) is 0 Å². The highest BCUT2D eigenvalue weighted by molar-refractivity contribution is 7.15. The van der Waals surface area contributed by atoms with E-state index in [2.05, 4.69) is 50.3 Å². The van der Waals surface area contributed by atoms with Crippen LogP contribution in [0.1, 0.15) is 32.1 Å². The molecule has 9 heteroatoms. The van der Waals surface area contributed by atoms with Crippen LogP contribution >= 0.6 is 11.3 Å². The number of hydrazone groups is 1. The zero-order valence-electron chi connectivity index (χ0n) is 21.1. The minimum Gasteiger partial charge on any atom is -0.489 e. The number of aromatic nitrogens is 2. The fraction of sp³-hybridized carbons (Fsp3) is 0.100. The van der Waals surface area contributed by atoms with Gasteiger partial charge in [0.15, 0.2) is 0 Å². The van der Waals surface area contributed by atoms with Crippen molar-refractivity contribution in [2.75, 3.05) is 5.32 Å². The standard InChI is InChI=1S/C30H25N5O3S/c1-20-7-2-4-11-25(20)29(37)32-30-35-34-28(39-30)17-27(36)33-31-18-21-13-15-24(16-14-21)38-19-23-10-6-9-22-8-3-5-12-26(22)23/h2-16,18H,17,19H2,1H3,(H,33,36)(H,32,35,37)/b31-18-. The lowest BCUT2D eigenvalue weighted by atomic mass is 10.1. The van der Waals surface area contributed by atoms with Gasteiger partial charge in [0.1, 0.15) is 17.4 Å². The molecule has 4 aromatic carbocycles. The number of aryl methyl sites for hydroxylation is 1. The van der Waals surface area contributed by atoms with Crippen LogP contribution in [0.2, 0.25) is 0 Å². The summed E-state index contributed by atoms with van der Waals surface area (Å²) in [4.78, 5) is 24.7. The fourth-order valence-corrected chi connectivity index (χ4v) is 4.69. The van der Waals surface area contributed by atoms with Gasteiger partial charge < -0.3 is 4.74 Å². The van der Waals surface area contributed by atoms with Gasteiger partial charge in [-0.1, -0.05) is 72.0 Å². The van der Waals surface area contributed by atoms with Gasteiger partial charge in [-0.3, -0.25) is 14.9 Å². The molecule has 0 aliphatic carbocycles. The van der Waals surface area contributed by atoms with E-state index in [9.17, 15) is 9.59 Å². The molecule has 0 spiro atoms. The third-order valence-electron chi connectivity index (χ3n) is 5.95. The first kappa shape index (κ1) is 25.7. The molecule has 0 atom stereocenters. The number of nitrogens with one attached hydrogen (secondary N) is 2.